The van der Waals surface area contributed by atoms with E-state index in [1.165, 1.54) is 4.90 Å². The quantitative estimate of drug-likeness (QED) is 0.519. The Morgan fingerprint density at radius 2 is 2.04 bits per heavy atom. The molecule has 0 unspecified atom stereocenters. The Bertz CT molecular complexity index is 1050. The van der Waals surface area contributed by atoms with E-state index in [1.54, 1.807) is 7.05 Å². The molecule has 1 aromatic heterocycles. The van der Waals surface area contributed by atoms with Crippen LogP contribution in [0.4, 0.5) is 11.4 Å². The van der Waals surface area contributed by atoms with Crippen LogP contribution in [-0.4, -0.2) is 24.3 Å². The third kappa shape index (κ3) is 2.55. The molecule has 25 heavy (non-hydrogen) atoms. The number of amides is 2. The van der Waals surface area contributed by atoms with Crippen molar-refractivity contribution in [3.63, 3.8) is 0 Å². The Kier molecular flexibility index (Phi) is 3.69. The van der Waals surface area contributed by atoms with Gasteiger partial charge in [0, 0.05) is 45.4 Å². The highest BCUT2D eigenvalue weighted by atomic mass is 79.9. The number of rotatable bonds is 3. The van der Waals surface area contributed by atoms with Crippen LogP contribution < -0.4 is 10.2 Å². The van der Waals surface area contributed by atoms with Crippen LogP contribution in [0.25, 0.3) is 22.4 Å². The van der Waals surface area contributed by atoms with Gasteiger partial charge in [0.25, 0.3) is 5.91 Å². The van der Waals surface area contributed by atoms with Crippen LogP contribution in [-0.2, 0) is 9.59 Å². The molecule has 2 amide bonds. The summed E-state index contributed by atoms with van der Waals surface area (Å²) in [4.78, 5) is 28.4. The van der Waals surface area contributed by atoms with E-state index in [0.717, 1.165) is 44.3 Å². The predicted molar refractivity (Wildman–Crippen MR) is 103 cm³/mol. The monoisotopic (exact) mass is 395 g/mol. The lowest BCUT2D eigenvalue weighted by atomic mass is 10.0. The minimum absolute atomic E-state index is 0.142. The number of aromatic nitrogens is 1. The van der Waals surface area contributed by atoms with E-state index >= 15 is 0 Å². The van der Waals surface area contributed by atoms with Crippen molar-refractivity contribution in [3.05, 3.63) is 58.3 Å². The van der Waals surface area contributed by atoms with Crippen molar-refractivity contribution in [1.29, 1.82) is 0 Å². The molecule has 2 aromatic carbocycles. The molecule has 1 aliphatic rings. The summed E-state index contributed by atoms with van der Waals surface area (Å²) >= 11 is 3.45. The molecular formula is C19H14BrN3O2. The van der Waals surface area contributed by atoms with E-state index in [-0.39, 0.29) is 5.91 Å². The molecule has 5 nitrogen and oxygen atoms in total. The molecule has 4 rings (SSSR count). The molecule has 124 valence electrons. The van der Waals surface area contributed by atoms with Gasteiger partial charge >= 0.3 is 0 Å². The van der Waals surface area contributed by atoms with E-state index in [4.69, 9.17) is 0 Å². The second-order valence-electron chi connectivity index (χ2n) is 5.86. The van der Waals surface area contributed by atoms with E-state index in [2.05, 4.69) is 26.2 Å². The van der Waals surface area contributed by atoms with Gasteiger partial charge in [-0.3, -0.25) is 9.59 Å². The maximum Gasteiger partial charge on any atom is 0.256 e. The van der Waals surface area contributed by atoms with Gasteiger partial charge in [0.2, 0.25) is 6.41 Å². The Labute approximate surface area is 152 Å². The molecule has 2 heterocycles. The van der Waals surface area contributed by atoms with Crippen LogP contribution >= 0.6 is 15.9 Å². The lowest BCUT2D eigenvalue weighted by Crippen LogP contribution is -2.13. The van der Waals surface area contributed by atoms with Gasteiger partial charge in [0.1, 0.15) is 0 Å². The molecule has 2 N–H and O–H groups in total. The summed E-state index contributed by atoms with van der Waals surface area (Å²) in [6, 6.07) is 11.4. The van der Waals surface area contributed by atoms with E-state index < -0.39 is 0 Å². The average molecular weight is 396 g/mol. The van der Waals surface area contributed by atoms with Crippen molar-refractivity contribution in [1.82, 2.24) is 4.98 Å². The van der Waals surface area contributed by atoms with Crippen molar-refractivity contribution < 1.29 is 9.59 Å². The van der Waals surface area contributed by atoms with Gasteiger partial charge in [0.05, 0.1) is 11.3 Å². The van der Waals surface area contributed by atoms with Gasteiger partial charge in [-0.1, -0.05) is 28.1 Å². The Balaban J connectivity index is 1.92. The molecule has 0 aliphatic carbocycles. The Morgan fingerprint density at radius 3 is 2.84 bits per heavy atom. The number of halogens is 1. The zero-order valence-electron chi connectivity index (χ0n) is 13.3. The number of carbonyl (C=O) groups excluding carboxylic acids is 2. The molecule has 0 bridgehead atoms. The molecular weight excluding hydrogens is 382 g/mol. The first kappa shape index (κ1) is 15.7. The van der Waals surface area contributed by atoms with Gasteiger partial charge in [-0.15, -0.1) is 0 Å². The number of hydrogen-bond donors (Lipinski definition) is 2. The van der Waals surface area contributed by atoms with E-state index in [0.29, 0.717) is 5.57 Å². The maximum absolute atomic E-state index is 12.4. The number of aromatic amines is 1. The number of nitrogens with one attached hydrogen (secondary N) is 2. The summed E-state index contributed by atoms with van der Waals surface area (Å²) in [7, 11) is 1.71. The summed E-state index contributed by atoms with van der Waals surface area (Å²) in [6.45, 7) is 0. The number of H-pyrrole nitrogens is 1. The molecule has 0 atom stereocenters. The van der Waals surface area contributed by atoms with Crippen molar-refractivity contribution in [2.75, 3.05) is 17.3 Å². The molecule has 6 heteroatoms. The highest BCUT2D eigenvalue weighted by Gasteiger charge is 2.25. The summed E-state index contributed by atoms with van der Waals surface area (Å²) in [6.07, 6.45) is 4.48. The Morgan fingerprint density at radius 1 is 1.20 bits per heavy atom. The minimum atomic E-state index is -0.142. The Hall–Kier alpha value is -2.86. The number of nitrogens with zero attached hydrogens (tertiary/aromatic N) is 1. The van der Waals surface area contributed by atoms with Gasteiger partial charge < -0.3 is 15.2 Å². The molecule has 0 fully saturated rings. The SMILES string of the molecule is CN(C=O)c1cccc2c[nH]c(/C=C3\C(=O)Nc4ccc(Br)cc43)c12. The highest BCUT2D eigenvalue weighted by molar-refractivity contribution is 9.10. The summed E-state index contributed by atoms with van der Waals surface area (Å²) in [5.41, 5.74) is 3.80. The van der Waals surface area contributed by atoms with Crippen molar-refractivity contribution in [2.45, 2.75) is 0 Å². The molecule has 1 aliphatic heterocycles. The van der Waals surface area contributed by atoms with Gasteiger partial charge in [-0.25, -0.2) is 0 Å². The summed E-state index contributed by atoms with van der Waals surface area (Å²) < 4.78 is 0.909. The van der Waals surface area contributed by atoms with Crippen LogP contribution in [0, 0.1) is 0 Å². The van der Waals surface area contributed by atoms with Crippen molar-refractivity contribution >= 4 is 62.0 Å². The molecule has 0 spiro atoms. The molecule has 3 aromatic rings. The fourth-order valence-corrected chi connectivity index (χ4v) is 3.47. The van der Waals surface area contributed by atoms with Crippen molar-refractivity contribution in [3.8, 4) is 0 Å². The third-order valence-electron chi connectivity index (χ3n) is 4.32. The van der Waals surface area contributed by atoms with Crippen LogP contribution in [0.2, 0.25) is 0 Å². The second-order valence-corrected chi connectivity index (χ2v) is 6.78. The lowest BCUT2D eigenvalue weighted by Gasteiger charge is -2.12. The van der Waals surface area contributed by atoms with Crippen LogP contribution in [0.1, 0.15) is 11.3 Å². The fraction of sp³-hybridized carbons (Fsp3) is 0.0526. The number of anilines is 2. The average Bonchev–Trinajstić information content (AvgIpc) is 3.16. The zero-order chi connectivity index (χ0) is 17.6. The first-order valence-electron chi connectivity index (χ1n) is 7.69. The number of hydrogen-bond acceptors (Lipinski definition) is 2. The van der Waals surface area contributed by atoms with E-state index in [1.807, 2.05) is 48.7 Å². The third-order valence-corrected chi connectivity index (χ3v) is 4.81. The minimum Gasteiger partial charge on any atom is -0.360 e. The number of benzene rings is 2. The molecule has 0 radical (unpaired) electrons. The topological polar surface area (TPSA) is 65.2 Å². The molecule has 0 saturated carbocycles. The summed E-state index contributed by atoms with van der Waals surface area (Å²) in [5.74, 6) is -0.142. The maximum atomic E-state index is 12.4. The molecule has 0 saturated heterocycles. The van der Waals surface area contributed by atoms with E-state index in [9.17, 15) is 9.59 Å². The predicted octanol–water partition coefficient (Wildman–Crippen LogP) is 4.02. The van der Waals surface area contributed by atoms with Gasteiger partial charge in [0.15, 0.2) is 0 Å². The first-order chi connectivity index (χ1) is 12.1. The fourth-order valence-electron chi connectivity index (χ4n) is 3.11. The van der Waals surface area contributed by atoms with Crippen molar-refractivity contribution in [2.24, 2.45) is 0 Å². The summed E-state index contributed by atoms with van der Waals surface area (Å²) in [5, 5.41) is 4.76. The standard InChI is InChI=1S/C19H14BrN3O2/c1-23(10-24)17-4-2-3-11-9-21-16(18(11)17)8-14-13-7-12(20)5-6-15(13)22-19(14)25/h2-10,21H,1H3,(H,22,25)/b14-8-. The van der Waals surface area contributed by atoms with Crippen LogP contribution in [0.5, 0.6) is 0 Å². The van der Waals surface area contributed by atoms with Gasteiger partial charge in [-0.05, 0) is 30.3 Å². The smallest absolute Gasteiger partial charge is 0.256 e. The largest absolute Gasteiger partial charge is 0.360 e. The van der Waals surface area contributed by atoms with Crippen LogP contribution in [0.3, 0.4) is 0 Å². The number of carbonyl (C=O) groups is 2. The highest BCUT2D eigenvalue weighted by Crippen LogP contribution is 2.37. The lowest BCUT2D eigenvalue weighted by molar-refractivity contribution is -0.110. The normalized spacial score (nSPS) is 14.6. The first-order valence-corrected chi connectivity index (χ1v) is 8.49. The van der Waals surface area contributed by atoms with Crippen LogP contribution in [0.15, 0.2) is 47.1 Å². The number of fused-ring (bicyclic) bond motifs is 2. The zero-order valence-corrected chi connectivity index (χ0v) is 14.9. The second kappa shape index (κ2) is 5.89. The van der Waals surface area contributed by atoms with Gasteiger partial charge in [-0.2, -0.15) is 0 Å².